The van der Waals surface area contributed by atoms with Crippen LogP contribution in [-0.4, -0.2) is 59.0 Å². The number of hydrogen-bond acceptors (Lipinski definition) is 4. The molecule has 6 heteroatoms. The maximum atomic E-state index is 12.2. The third-order valence-electron chi connectivity index (χ3n) is 4.29. The number of rotatable bonds is 5. The number of ether oxygens (including phenoxy) is 1. The minimum Gasteiger partial charge on any atom is -0.373 e. The lowest BCUT2D eigenvalue weighted by Crippen LogP contribution is -2.58. The Bertz CT molecular complexity index is 569. The zero-order valence-electron chi connectivity index (χ0n) is 14.6. The summed E-state index contributed by atoms with van der Waals surface area (Å²) in [5.41, 5.74) is 0.762. The Morgan fingerprint density at radius 2 is 1.96 bits per heavy atom. The van der Waals surface area contributed by atoms with E-state index in [0.717, 1.165) is 13.1 Å². The molecular weight excluding hydrogens is 294 g/mol. The van der Waals surface area contributed by atoms with Gasteiger partial charge in [-0.15, -0.1) is 0 Å². The van der Waals surface area contributed by atoms with E-state index in [9.17, 15) is 9.59 Å². The molecule has 2 atom stereocenters. The third-order valence-corrected chi connectivity index (χ3v) is 4.29. The number of H-pyrrole nitrogens is 1. The number of nitrogens with one attached hydrogen (secondary N) is 2. The second-order valence-electron chi connectivity index (χ2n) is 7.02. The summed E-state index contributed by atoms with van der Waals surface area (Å²) in [6.45, 7) is 12.1. The maximum absolute atomic E-state index is 12.2. The quantitative estimate of drug-likeness (QED) is 0.812. The molecule has 0 saturated carbocycles. The molecule has 128 valence electrons. The Morgan fingerprint density at radius 3 is 2.48 bits per heavy atom. The summed E-state index contributed by atoms with van der Waals surface area (Å²) in [5, 5.41) is 2.95. The fourth-order valence-electron chi connectivity index (χ4n) is 2.90. The first kappa shape index (κ1) is 17.7. The van der Waals surface area contributed by atoms with Gasteiger partial charge in [-0.25, -0.2) is 0 Å². The van der Waals surface area contributed by atoms with E-state index in [0.29, 0.717) is 17.8 Å². The normalized spacial score (nSPS) is 22.8. The fraction of sp³-hybridized carbons (Fsp3) is 0.647. The van der Waals surface area contributed by atoms with E-state index < -0.39 is 0 Å². The van der Waals surface area contributed by atoms with Crippen molar-refractivity contribution in [1.82, 2.24) is 15.2 Å². The lowest BCUT2D eigenvalue weighted by atomic mass is 10.00. The van der Waals surface area contributed by atoms with Crippen molar-refractivity contribution in [2.45, 2.75) is 52.4 Å². The molecule has 1 aliphatic heterocycles. The monoisotopic (exact) mass is 321 g/mol. The van der Waals surface area contributed by atoms with Crippen molar-refractivity contribution in [3.8, 4) is 0 Å². The van der Waals surface area contributed by atoms with Crippen LogP contribution in [-0.2, 0) is 4.74 Å². The van der Waals surface area contributed by atoms with Crippen LogP contribution in [0.15, 0.2) is 12.3 Å². The Morgan fingerprint density at radius 1 is 1.35 bits per heavy atom. The molecule has 2 rings (SSSR count). The average Bonchev–Trinajstić information content (AvgIpc) is 2.94. The summed E-state index contributed by atoms with van der Waals surface area (Å²) in [7, 11) is 0. The zero-order valence-corrected chi connectivity index (χ0v) is 14.6. The van der Waals surface area contributed by atoms with Gasteiger partial charge in [0.1, 0.15) is 5.69 Å². The van der Waals surface area contributed by atoms with E-state index >= 15 is 0 Å². The Hall–Kier alpha value is -1.66. The van der Waals surface area contributed by atoms with E-state index in [4.69, 9.17) is 4.74 Å². The van der Waals surface area contributed by atoms with Gasteiger partial charge >= 0.3 is 0 Å². The van der Waals surface area contributed by atoms with Gasteiger partial charge in [0.15, 0.2) is 5.78 Å². The Labute approximate surface area is 137 Å². The minimum atomic E-state index is -0.195. The first-order chi connectivity index (χ1) is 10.7. The molecule has 1 aromatic heterocycles. The van der Waals surface area contributed by atoms with Crippen LogP contribution >= 0.6 is 0 Å². The molecule has 0 unspecified atom stereocenters. The summed E-state index contributed by atoms with van der Waals surface area (Å²) in [6.07, 6.45) is 1.94. The number of nitrogens with zero attached hydrogens (tertiary/aromatic N) is 1. The SMILES string of the molecule is CC(=O)c1c[nH]c(C(=O)NCC(C)(C)N2C[C@H](C)O[C@@H](C)C2)c1. The summed E-state index contributed by atoms with van der Waals surface area (Å²) >= 11 is 0. The predicted octanol–water partition coefficient (Wildman–Crippen LogP) is 1.83. The molecule has 0 aliphatic carbocycles. The van der Waals surface area contributed by atoms with Crippen molar-refractivity contribution in [3.63, 3.8) is 0 Å². The first-order valence-electron chi connectivity index (χ1n) is 8.07. The molecule has 1 saturated heterocycles. The van der Waals surface area contributed by atoms with E-state index in [-0.39, 0.29) is 29.4 Å². The highest BCUT2D eigenvalue weighted by atomic mass is 16.5. The summed E-state index contributed by atoms with van der Waals surface area (Å²) in [5.74, 6) is -0.253. The molecule has 0 bridgehead atoms. The van der Waals surface area contributed by atoms with Crippen LogP contribution in [0.4, 0.5) is 0 Å². The number of Topliss-reactive ketones (excluding diaryl/α,β-unsaturated/α-hetero) is 1. The van der Waals surface area contributed by atoms with Gasteiger partial charge < -0.3 is 15.0 Å². The van der Waals surface area contributed by atoms with Crippen molar-refractivity contribution < 1.29 is 14.3 Å². The molecule has 1 amide bonds. The summed E-state index contributed by atoms with van der Waals surface area (Å²) < 4.78 is 5.77. The number of carbonyl (C=O) groups is 2. The van der Waals surface area contributed by atoms with Crippen molar-refractivity contribution in [2.75, 3.05) is 19.6 Å². The second-order valence-corrected chi connectivity index (χ2v) is 7.02. The Kier molecular flexibility index (Phi) is 5.26. The average molecular weight is 321 g/mol. The number of aromatic nitrogens is 1. The van der Waals surface area contributed by atoms with Gasteiger partial charge in [0.25, 0.3) is 5.91 Å². The number of amides is 1. The van der Waals surface area contributed by atoms with E-state index in [1.54, 1.807) is 12.3 Å². The highest BCUT2D eigenvalue weighted by Crippen LogP contribution is 2.20. The lowest BCUT2D eigenvalue weighted by molar-refractivity contribution is -0.0948. The molecule has 6 nitrogen and oxygen atoms in total. The minimum absolute atomic E-state index is 0.0584. The summed E-state index contributed by atoms with van der Waals surface area (Å²) in [4.78, 5) is 28.7. The molecule has 1 aliphatic rings. The molecule has 2 heterocycles. The number of hydrogen-bond donors (Lipinski definition) is 2. The van der Waals surface area contributed by atoms with Gasteiger partial charge in [-0.3, -0.25) is 14.5 Å². The number of ketones is 1. The van der Waals surface area contributed by atoms with E-state index in [1.165, 1.54) is 6.92 Å². The molecule has 2 N–H and O–H groups in total. The predicted molar refractivity (Wildman–Crippen MR) is 88.8 cm³/mol. The smallest absolute Gasteiger partial charge is 0.267 e. The van der Waals surface area contributed by atoms with Crippen molar-refractivity contribution >= 4 is 11.7 Å². The third kappa shape index (κ3) is 4.42. The van der Waals surface area contributed by atoms with E-state index in [1.807, 2.05) is 0 Å². The molecule has 0 radical (unpaired) electrons. The number of morpholine rings is 1. The lowest BCUT2D eigenvalue weighted by Gasteiger charge is -2.45. The second kappa shape index (κ2) is 6.84. The number of aromatic amines is 1. The van der Waals surface area contributed by atoms with Crippen LogP contribution < -0.4 is 5.32 Å². The fourth-order valence-corrected chi connectivity index (χ4v) is 2.90. The van der Waals surface area contributed by atoms with Gasteiger partial charge in [0.05, 0.1) is 12.2 Å². The molecule has 1 fully saturated rings. The van der Waals surface area contributed by atoms with Gasteiger partial charge in [-0.05, 0) is 40.7 Å². The van der Waals surface area contributed by atoms with Crippen LogP contribution in [0.1, 0.15) is 55.5 Å². The van der Waals surface area contributed by atoms with Gasteiger partial charge in [-0.1, -0.05) is 0 Å². The topological polar surface area (TPSA) is 74.4 Å². The standard InChI is InChI=1S/C17H27N3O3/c1-11-8-20(9-12(2)23-11)17(4,5)10-19-16(22)15-6-14(7-18-15)13(3)21/h6-7,11-12,18H,8-10H2,1-5H3,(H,19,22)/t11-,12-/m0/s1. The molecule has 0 spiro atoms. The van der Waals surface area contributed by atoms with Gasteiger partial charge in [-0.2, -0.15) is 0 Å². The van der Waals surface area contributed by atoms with Crippen LogP contribution in [0.3, 0.4) is 0 Å². The van der Waals surface area contributed by atoms with Crippen LogP contribution in [0.5, 0.6) is 0 Å². The van der Waals surface area contributed by atoms with E-state index in [2.05, 4.69) is 42.9 Å². The number of carbonyl (C=O) groups excluding carboxylic acids is 2. The van der Waals surface area contributed by atoms with Crippen LogP contribution in [0, 0.1) is 0 Å². The molecule has 0 aromatic carbocycles. The van der Waals surface area contributed by atoms with Crippen molar-refractivity contribution in [2.24, 2.45) is 0 Å². The molecule has 1 aromatic rings. The maximum Gasteiger partial charge on any atom is 0.267 e. The molecular formula is C17H27N3O3. The summed E-state index contributed by atoms with van der Waals surface area (Å²) in [6, 6.07) is 1.59. The first-order valence-corrected chi connectivity index (χ1v) is 8.07. The Balaban J connectivity index is 1.95. The largest absolute Gasteiger partial charge is 0.373 e. The van der Waals surface area contributed by atoms with Gasteiger partial charge in [0.2, 0.25) is 0 Å². The van der Waals surface area contributed by atoms with Crippen molar-refractivity contribution in [3.05, 3.63) is 23.5 Å². The zero-order chi connectivity index (χ0) is 17.2. The van der Waals surface area contributed by atoms with Crippen LogP contribution in [0.25, 0.3) is 0 Å². The van der Waals surface area contributed by atoms with Crippen molar-refractivity contribution in [1.29, 1.82) is 0 Å². The van der Waals surface area contributed by atoms with Gasteiger partial charge in [0, 0.05) is 36.9 Å². The van der Waals surface area contributed by atoms with Crippen LogP contribution in [0.2, 0.25) is 0 Å². The highest BCUT2D eigenvalue weighted by Gasteiger charge is 2.33. The highest BCUT2D eigenvalue weighted by molar-refractivity contribution is 5.99. The molecule has 23 heavy (non-hydrogen) atoms.